The number of carbonyl (C=O) groups is 7. The van der Waals surface area contributed by atoms with E-state index in [1.54, 1.807) is 50.2 Å². The van der Waals surface area contributed by atoms with Crippen LogP contribution in [0.3, 0.4) is 0 Å². The second-order valence-corrected chi connectivity index (χ2v) is 15.7. The molecule has 5 amide bonds. The van der Waals surface area contributed by atoms with Crippen LogP contribution in [0, 0.1) is 12.7 Å². The van der Waals surface area contributed by atoms with Gasteiger partial charge >= 0.3 is 11.9 Å². The Kier molecular flexibility index (Phi) is 12.4. The van der Waals surface area contributed by atoms with Crippen molar-refractivity contribution in [2.75, 3.05) is 19.6 Å². The van der Waals surface area contributed by atoms with Gasteiger partial charge in [-0.15, -0.1) is 0 Å². The molecule has 19 nitrogen and oxygen atoms in total. The van der Waals surface area contributed by atoms with Crippen LogP contribution in [0.5, 0.6) is 0 Å². The molecule has 4 atom stereocenters. The number of esters is 1. The monoisotopic (exact) mass is 868 g/mol. The number of hydrogen-bond acceptors (Lipinski definition) is 12. The summed E-state index contributed by atoms with van der Waals surface area (Å²) >= 11 is 0. The average molecular weight is 869 g/mol. The molecule has 1 aliphatic carbocycles. The van der Waals surface area contributed by atoms with Gasteiger partial charge in [0.15, 0.2) is 5.60 Å². The molecule has 3 aliphatic rings. The Morgan fingerprint density at radius 3 is 2.38 bits per heavy atom. The lowest BCUT2D eigenvalue weighted by Gasteiger charge is -2.31. The van der Waals surface area contributed by atoms with Crippen molar-refractivity contribution in [3.05, 3.63) is 97.6 Å². The first-order chi connectivity index (χ1) is 30.0. The number of nitrogens with one attached hydrogen (secondary N) is 5. The molecule has 4 aromatic rings. The average Bonchev–Trinajstić information content (AvgIpc) is 3.63. The van der Waals surface area contributed by atoms with E-state index in [0.717, 1.165) is 0 Å². The zero-order valence-electron chi connectivity index (χ0n) is 34.3. The molecule has 2 aromatic carbocycles. The molecule has 0 radical (unpaired) electrons. The molecule has 9 N–H and O–H groups in total. The number of benzene rings is 2. The standard InChI is InChI=1S/C43H45FN8O11/c1-3-43(62)25-12-31-38-23(18-52(31)41(60)24(25)19-63-42(43)61)37-28(10-9-22-20(2)26(44)13-29(51-38)36(22)37)49-34(55)17-48-40(59)30(11-21-7-5-4-6-8-21)50-33(54)16-46-32(53)15-47-39(58)27(45)14-35(56)57/h4-8,12-13,27-28,30,62H,3,9-11,14-19,45H2,1-2H3,(H,46,53)(H,47,58)(H,48,59)(H,49,55)(H,50,54)(H,56,57)/t27?,28-,30?,43-/m0/s1. The Morgan fingerprint density at radius 1 is 0.968 bits per heavy atom. The van der Waals surface area contributed by atoms with Gasteiger partial charge in [-0.1, -0.05) is 37.3 Å². The summed E-state index contributed by atoms with van der Waals surface area (Å²) in [6.45, 7) is 1.27. The summed E-state index contributed by atoms with van der Waals surface area (Å²) < 4.78 is 22.0. The number of amides is 5. The van der Waals surface area contributed by atoms with E-state index in [2.05, 4.69) is 26.6 Å². The number of carbonyl (C=O) groups excluding carboxylic acids is 6. The summed E-state index contributed by atoms with van der Waals surface area (Å²) in [5.41, 5.74) is 7.14. The molecule has 2 aliphatic heterocycles. The minimum absolute atomic E-state index is 0.0151. The maximum Gasteiger partial charge on any atom is 0.343 e. The first-order valence-corrected chi connectivity index (χ1v) is 20.2. The highest BCUT2D eigenvalue weighted by Crippen LogP contribution is 2.46. The molecule has 7 rings (SSSR count). The van der Waals surface area contributed by atoms with Crippen molar-refractivity contribution < 1.29 is 52.9 Å². The Hall–Kier alpha value is -7.06. The number of pyridine rings is 2. The number of rotatable bonds is 15. The highest BCUT2D eigenvalue weighted by Gasteiger charge is 2.46. The van der Waals surface area contributed by atoms with E-state index < -0.39 is 103 Å². The lowest BCUT2D eigenvalue weighted by molar-refractivity contribution is -0.172. The molecule has 0 spiro atoms. The lowest BCUT2D eigenvalue weighted by atomic mass is 9.81. The van der Waals surface area contributed by atoms with Gasteiger partial charge in [-0.25, -0.2) is 14.2 Å². The van der Waals surface area contributed by atoms with Crippen molar-refractivity contribution >= 4 is 52.4 Å². The minimum atomic E-state index is -2.06. The van der Waals surface area contributed by atoms with Crippen molar-refractivity contribution in [3.8, 4) is 11.4 Å². The van der Waals surface area contributed by atoms with E-state index in [1.807, 2.05) is 0 Å². The second-order valence-electron chi connectivity index (χ2n) is 15.7. The third-order valence-corrected chi connectivity index (χ3v) is 11.7. The molecule has 2 aromatic heterocycles. The SMILES string of the molecule is CC[C@@]1(O)C(=O)OCc2c1cc1n(c2=O)Cc2c-1nc1cc(F)c(C)c3c1c2[C@@H](NC(=O)CNC(=O)C(Cc1ccccc1)NC(=O)CNC(=O)CNC(=O)C(N)CC(=O)O)CC3. The van der Waals surface area contributed by atoms with Crippen molar-refractivity contribution in [1.82, 2.24) is 36.1 Å². The minimum Gasteiger partial charge on any atom is -0.481 e. The van der Waals surface area contributed by atoms with E-state index in [-0.39, 0.29) is 37.1 Å². The number of cyclic esters (lactones) is 1. The smallest absolute Gasteiger partial charge is 0.343 e. The predicted molar refractivity (Wildman–Crippen MR) is 220 cm³/mol. The van der Waals surface area contributed by atoms with Crippen LogP contribution in [-0.2, 0) is 69.9 Å². The number of aliphatic hydroxyl groups is 1. The van der Waals surface area contributed by atoms with Crippen LogP contribution in [0.2, 0.25) is 0 Å². The number of aromatic nitrogens is 2. The number of carboxylic acids is 1. The number of fused-ring (bicyclic) bond motifs is 5. The molecular weight excluding hydrogens is 824 g/mol. The Morgan fingerprint density at radius 2 is 1.67 bits per heavy atom. The molecule has 0 bridgehead atoms. The van der Waals surface area contributed by atoms with E-state index in [0.29, 0.717) is 62.9 Å². The number of aliphatic carboxylic acids is 1. The molecule has 63 heavy (non-hydrogen) atoms. The maximum absolute atomic E-state index is 15.4. The number of nitrogens with zero attached hydrogens (tertiary/aromatic N) is 2. The summed E-state index contributed by atoms with van der Waals surface area (Å²) in [5, 5.41) is 33.4. The lowest BCUT2D eigenvalue weighted by Crippen LogP contribution is -2.52. The highest BCUT2D eigenvalue weighted by molar-refractivity contribution is 5.96. The van der Waals surface area contributed by atoms with E-state index in [1.165, 1.54) is 10.6 Å². The van der Waals surface area contributed by atoms with Crippen molar-refractivity contribution in [2.24, 2.45) is 5.73 Å². The number of halogens is 1. The van der Waals surface area contributed by atoms with Crippen LogP contribution in [-0.4, -0.2) is 93.0 Å². The van der Waals surface area contributed by atoms with Gasteiger partial charge in [-0.3, -0.25) is 33.6 Å². The van der Waals surface area contributed by atoms with Crippen LogP contribution in [0.4, 0.5) is 4.39 Å². The number of aryl methyl sites for hydroxylation is 1. The molecule has 0 fully saturated rings. The Bertz CT molecular complexity index is 2650. The largest absolute Gasteiger partial charge is 0.481 e. The van der Waals surface area contributed by atoms with Crippen LogP contribution in [0.15, 0.2) is 47.3 Å². The number of carboxylic acid groups (broad SMARTS) is 1. The zero-order valence-corrected chi connectivity index (χ0v) is 34.3. The molecule has 4 heterocycles. The maximum atomic E-state index is 15.4. The Labute approximate surface area is 358 Å². The normalized spacial score (nSPS) is 17.9. The third-order valence-electron chi connectivity index (χ3n) is 11.7. The van der Waals surface area contributed by atoms with Gasteiger partial charge in [0, 0.05) is 29.0 Å². The molecule has 330 valence electrons. The fraction of sp³-hybridized carbons (Fsp3) is 0.372. The second kappa shape index (κ2) is 17.7. The molecule has 0 saturated heterocycles. The van der Waals surface area contributed by atoms with Gasteiger partial charge in [0.2, 0.25) is 29.5 Å². The first kappa shape index (κ1) is 44.0. The molecular formula is C43H45FN8O11. The van der Waals surface area contributed by atoms with E-state index >= 15 is 4.39 Å². The van der Waals surface area contributed by atoms with E-state index in [9.17, 15) is 43.5 Å². The molecule has 20 heteroatoms. The van der Waals surface area contributed by atoms with Crippen LogP contribution >= 0.6 is 0 Å². The van der Waals surface area contributed by atoms with Gasteiger partial charge in [0.1, 0.15) is 18.5 Å². The summed E-state index contributed by atoms with van der Waals surface area (Å²) in [4.78, 5) is 107. The van der Waals surface area contributed by atoms with Gasteiger partial charge in [0.25, 0.3) is 5.56 Å². The van der Waals surface area contributed by atoms with Crippen LogP contribution in [0.1, 0.15) is 71.2 Å². The summed E-state index contributed by atoms with van der Waals surface area (Å²) in [7, 11) is 0. The van der Waals surface area contributed by atoms with Crippen LogP contribution in [0.25, 0.3) is 22.3 Å². The summed E-state index contributed by atoms with van der Waals surface area (Å²) in [6, 6.07) is 8.32. The van der Waals surface area contributed by atoms with Gasteiger partial charge in [-0.05, 0) is 54.5 Å². The van der Waals surface area contributed by atoms with Crippen molar-refractivity contribution in [3.63, 3.8) is 0 Å². The summed E-state index contributed by atoms with van der Waals surface area (Å²) in [6.07, 6.45) is 0.0194. The molecule has 0 saturated carbocycles. The quantitative estimate of drug-likeness (QED) is 0.0618. The number of ether oxygens (including phenoxy) is 1. The first-order valence-electron chi connectivity index (χ1n) is 20.2. The molecule has 2 unspecified atom stereocenters. The van der Waals surface area contributed by atoms with Crippen molar-refractivity contribution in [2.45, 2.75) is 82.8 Å². The fourth-order valence-electron chi connectivity index (χ4n) is 8.36. The van der Waals surface area contributed by atoms with Gasteiger partial charge in [0.05, 0.1) is 67.2 Å². The summed E-state index contributed by atoms with van der Waals surface area (Å²) in [5.74, 6) is -6.38. The van der Waals surface area contributed by atoms with Crippen LogP contribution < -0.4 is 37.9 Å². The van der Waals surface area contributed by atoms with Gasteiger partial charge in [-0.2, -0.15) is 0 Å². The number of nitrogens with two attached hydrogens (primary N) is 1. The van der Waals surface area contributed by atoms with Crippen molar-refractivity contribution in [1.29, 1.82) is 0 Å². The Balaban J connectivity index is 1.07. The number of hydrogen-bond donors (Lipinski definition) is 8. The fourth-order valence-corrected chi connectivity index (χ4v) is 8.36. The topological polar surface area (TPSA) is 290 Å². The highest BCUT2D eigenvalue weighted by atomic mass is 19.1. The third kappa shape index (κ3) is 8.71. The predicted octanol–water partition coefficient (Wildman–Crippen LogP) is -0.491. The van der Waals surface area contributed by atoms with E-state index in [4.69, 9.17) is 20.6 Å². The zero-order chi connectivity index (χ0) is 45.3. The van der Waals surface area contributed by atoms with Gasteiger partial charge < -0.3 is 51.8 Å².